The number of piperazine rings is 1. The van der Waals surface area contributed by atoms with Gasteiger partial charge in [0.1, 0.15) is 11.9 Å². The smallest absolute Gasteiger partial charge is 0.475 e. The summed E-state index contributed by atoms with van der Waals surface area (Å²) >= 11 is 0. The average molecular weight is 836 g/mol. The van der Waals surface area contributed by atoms with Crippen molar-refractivity contribution in [2.24, 2.45) is 11.3 Å². The Morgan fingerprint density at radius 3 is 1.82 bits per heavy atom. The van der Waals surface area contributed by atoms with Crippen molar-refractivity contribution in [3.8, 4) is 0 Å². The van der Waals surface area contributed by atoms with E-state index in [4.69, 9.17) is 19.8 Å². The zero-order valence-electron chi connectivity index (χ0n) is 31.8. The van der Waals surface area contributed by atoms with Gasteiger partial charge in [-0.15, -0.1) is 0 Å². The van der Waals surface area contributed by atoms with Crippen molar-refractivity contribution < 1.29 is 73.7 Å². The highest BCUT2D eigenvalue weighted by Gasteiger charge is 2.49. The number of alkyl halides is 8. The Hall–Kier alpha value is -4.14. The Kier molecular flexibility index (Phi) is 18.1. The number of halogens is 9. The number of rotatable bonds is 9. The lowest BCUT2D eigenvalue weighted by Crippen LogP contribution is -2.62. The monoisotopic (exact) mass is 835 g/mol. The summed E-state index contributed by atoms with van der Waals surface area (Å²) in [7, 11) is 0. The molecule has 0 spiro atoms. The van der Waals surface area contributed by atoms with Crippen LogP contribution in [0.25, 0.3) is 0 Å². The molecule has 2 saturated heterocycles. The van der Waals surface area contributed by atoms with E-state index in [9.17, 15) is 53.9 Å². The SMILES string of the molecule is CC(C)(C)NC(=O)C1(C2CCCCC2)CCN(C(=O)[C@@H](Cc2ccc(F)cc2)NC(=O)[C@@H]2CN(CC(F)F)CCN2)CC1.O=C(O)C(F)(F)F.O=C(O)C(F)(F)F. The number of amides is 3. The number of carbonyl (C=O) groups excluding carboxylic acids is 3. The first-order chi connectivity index (χ1) is 26.2. The third-order valence-corrected chi connectivity index (χ3v) is 9.72. The van der Waals surface area contributed by atoms with Crippen LogP contribution in [-0.4, -0.2) is 125 Å². The van der Waals surface area contributed by atoms with Gasteiger partial charge in [-0.3, -0.25) is 19.3 Å². The summed E-state index contributed by atoms with van der Waals surface area (Å²) in [6.45, 7) is 7.23. The molecule has 21 heteroatoms. The zero-order valence-corrected chi connectivity index (χ0v) is 31.8. The summed E-state index contributed by atoms with van der Waals surface area (Å²) in [5, 5.41) is 23.4. The van der Waals surface area contributed by atoms with Crippen LogP contribution in [0.4, 0.5) is 39.5 Å². The van der Waals surface area contributed by atoms with Gasteiger partial charge in [-0.25, -0.2) is 22.8 Å². The summed E-state index contributed by atoms with van der Waals surface area (Å²) in [6.07, 6.45) is -6.01. The standard InChI is InChI=1S/C32H48F3N5O3.2C2HF3O2/c1-31(2,3)38-30(43)32(23-7-5-4-6-8-23)13-16-40(17-14-32)29(42)25(19-22-9-11-24(33)12-10-22)37-28(41)26-20-39(18-15-36-26)21-27(34)35;2*3-2(4,5)1(6)7/h9-12,23,25-27,36H,4-8,13-21H2,1-3H3,(H,37,41)(H,38,43);2*(H,6,7)/t25-,26+;;/m1../s1. The summed E-state index contributed by atoms with van der Waals surface area (Å²) in [5.41, 5.74) is -0.219. The molecule has 5 N–H and O–H groups in total. The first-order valence-electron chi connectivity index (χ1n) is 18.3. The Morgan fingerprint density at radius 2 is 1.37 bits per heavy atom. The second-order valence-corrected chi connectivity index (χ2v) is 15.2. The summed E-state index contributed by atoms with van der Waals surface area (Å²) in [5.74, 6) is -6.27. The van der Waals surface area contributed by atoms with E-state index in [2.05, 4.69) is 16.0 Å². The lowest BCUT2D eigenvalue weighted by molar-refractivity contribution is -0.193. The van der Waals surface area contributed by atoms with Gasteiger partial charge in [0.2, 0.25) is 17.7 Å². The maximum atomic E-state index is 14.0. The fourth-order valence-electron chi connectivity index (χ4n) is 6.96. The van der Waals surface area contributed by atoms with Crippen LogP contribution in [-0.2, 0) is 30.4 Å². The minimum atomic E-state index is -5.08. The Bertz CT molecular complexity index is 1470. The zero-order chi connectivity index (χ0) is 43.4. The lowest BCUT2D eigenvalue weighted by Gasteiger charge is -2.48. The minimum absolute atomic E-state index is 0.0619. The number of nitrogens with one attached hydrogen (secondary N) is 3. The number of carboxylic acid groups (broad SMARTS) is 2. The van der Waals surface area contributed by atoms with Gasteiger partial charge in [0.25, 0.3) is 6.43 Å². The fourth-order valence-corrected chi connectivity index (χ4v) is 6.96. The maximum absolute atomic E-state index is 14.0. The van der Waals surface area contributed by atoms with E-state index in [-0.39, 0.29) is 36.2 Å². The molecule has 12 nitrogen and oxygen atoms in total. The molecule has 1 aliphatic carbocycles. The first kappa shape index (κ1) is 49.0. The van der Waals surface area contributed by atoms with Gasteiger partial charge in [0, 0.05) is 44.7 Å². The number of piperidine rings is 1. The van der Waals surface area contributed by atoms with Crippen LogP contribution in [0, 0.1) is 17.2 Å². The van der Waals surface area contributed by atoms with Crippen molar-refractivity contribution in [1.29, 1.82) is 0 Å². The number of aliphatic carboxylic acids is 2. The second-order valence-electron chi connectivity index (χ2n) is 15.2. The van der Waals surface area contributed by atoms with Gasteiger partial charge in [-0.05, 0) is 70.1 Å². The van der Waals surface area contributed by atoms with Gasteiger partial charge in [0.05, 0.1) is 18.0 Å². The van der Waals surface area contributed by atoms with Crippen molar-refractivity contribution in [2.75, 3.05) is 39.3 Å². The summed E-state index contributed by atoms with van der Waals surface area (Å²) in [4.78, 5) is 62.2. The van der Waals surface area contributed by atoms with Crippen molar-refractivity contribution in [1.82, 2.24) is 25.8 Å². The Labute approximate surface area is 323 Å². The number of carbonyl (C=O) groups is 5. The van der Waals surface area contributed by atoms with Gasteiger partial charge in [-0.2, -0.15) is 26.3 Å². The molecule has 2 atom stereocenters. The van der Waals surface area contributed by atoms with Crippen LogP contribution in [0.1, 0.15) is 71.3 Å². The van der Waals surface area contributed by atoms with Crippen molar-refractivity contribution in [2.45, 2.75) is 109 Å². The molecule has 0 unspecified atom stereocenters. The molecule has 0 bridgehead atoms. The van der Waals surface area contributed by atoms with Crippen LogP contribution in [0.5, 0.6) is 0 Å². The quantitative estimate of drug-likeness (QED) is 0.221. The van der Waals surface area contributed by atoms with Crippen molar-refractivity contribution in [3.63, 3.8) is 0 Å². The molecule has 4 rings (SSSR count). The lowest BCUT2D eigenvalue weighted by atomic mass is 9.63. The van der Waals surface area contributed by atoms with E-state index in [0.29, 0.717) is 44.6 Å². The Balaban J connectivity index is 0.000000682. The van der Waals surface area contributed by atoms with E-state index in [1.807, 2.05) is 20.8 Å². The number of nitrogens with zero attached hydrogens (tertiary/aromatic N) is 2. The predicted molar refractivity (Wildman–Crippen MR) is 186 cm³/mol. The number of likely N-dealkylation sites (tertiary alicyclic amines) is 1. The predicted octanol–water partition coefficient (Wildman–Crippen LogP) is 4.76. The molecule has 3 fully saturated rings. The molecule has 2 heterocycles. The van der Waals surface area contributed by atoms with Gasteiger partial charge >= 0.3 is 24.3 Å². The number of hydrogen-bond acceptors (Lipinski definition) is 7. The van der Waals surface area contributed by atoms with E-state index in [0.717, 1.165) is 25.7 Å². The molecule has 3 aliphatic rings. The molecule has 57 heavy (non-hydrogen) atoms. The molecular weight excluding hydrogens is 785 g/mol. The van der Waals surface area contributed by atoms with Crippen LogP contribution in [0.3, 0.4) is 0 Å². The molecule has 1 saturated carbocycles. The van der Waals surface area contributed by atoms with Crippen LogP contribution < -0.4 is 16.0 Å². The highest BCUT2D eigenvalue weighted by Crippen LogP contribution is 2.46. The second kappa shape index (κ2) is 21.0. The fraction of sp³-hybridized carbons (Fsp3) is 0.694. The molecule has 1 aromatic rings. The molecule has 2 aliphatic heterocycles. The van der Waals surface area contributed by atoms with Crippen molar-refractivity contribution in [3.05, 3.63) is 35.6 Å². The largest absolute Gasteiger partial charge is 0.490 e. The van der Waals surface area contributed by atoms with Crippen LogP contribution in [0.2, 0.25) is 0 Å². The van der Waals surface area contributed by atoms with Crippen molar-refractivity contribution >= 4 is 29.7 Å². The van der Waals surface area contributed by atoms with E-state index in [1.165, 1.54) is 18.6 Å². The third kappa shape index (κ3) is 16.3. The number of hydrogen-bond donors (Lipinski definition) is 5. The number of benzene rings is 1. The summed E-state index contributed by atoms with van der Waals surface area (Å²) < 4.78 is 103. The third-order valence-electron chi connectivity index (χ3n) is 9.72. The van der Waals surface area contributed by atoms with E-state index in [1.54, 1.807) is 21.9 Å². The highest BCUT2D eigenvalue weighted by molar-refractivity contribution is 5.91. The normalized spacial score (nSPS) is 19.9. The highest BCUT2D eigenvalue weighted by atomic mass is 19.4. The van der Waals surface area contributed by atoms with E-state index >= 15 is 0 Å². The van der Waals surface area contributed by atoms with Gasteiger partial charge < -0.3 is 31.1 Å². The molecular formula is C36H50F9N5O7. The molecule has 324 valence electrons. The average Bonchev–Trinajstić information content (AvgIpc) is 3.11. The summed E-state index contributed by atoms with van der Waals surface area (Å²) in [6, 6.07) is 4.15. The topological polar surface area (TPSA) is 168 Å². The maximum Gasteiger partial charge on any atom is 0.490 e. The van der Waals surface area contributed by atoms with Crippen LogP contribution in [0.15, 0.2) is 24.3 Å². The minimum Gasteiger partial charge on any atom is -0.475 e. The van der Waals surface area contributed by atoms with E-state index < -0.39 is 66.5 Å². The molecule has 0 aromatic heterocycles. The number of carboxylic acids is 2. The van der Waals surface area contributed by atoms with Gasteiger partial charge in [0.15, 0.2) is 0 Å². The molecule has 0 radical (unpaired) electrons. The van der Waals surface area contributed by atoms with Crippen LogP contribution >= 0.6 is 0 Å². The Morgan fingerprint density at radius 1 is 0.860 bits per heavy atom. The first-order valence-corrected chi connectivity index (χ1v) is 18.3. The molecule has 1 aromatic carbocycles. The van der Waals surface area contributed by atoms with Gasteiger partial charge in [-0.1, -0.05) is 31.4 Å². The molecule has 3 amide bonds.